The molecule has 22 heavy (non-hydrogen) atoms. The summed E-state index contributed by atoms with van der Waals surface area (Å²) < 4.78 is 34.3. The van der Waals surface area contributed by atoms with Crippen molar-refractivity contribution in [3.8, 4) is 5.75 Å². The van der Waals surface area contributed by atoms with Crippen molar-refractivity contribution in [2.24, 2.45) is 0 Å². The van der Waals surface area contributed by atoms with Gasteiger partial charge in [-0.15, -0.1) is 0 Å². The van der Waals surface area contributed by atoms with E-state index in [-0.39, 0.29) is 17.7 Å². The number of rotatable bonds is 4. The molecule has 4 heteroatoms. The van der Waals surface area contributed by atoms with Crippen LogP contribution >= 0.6 is 0 Å². The maximum atomic E-state index is 13.5. The van der Waals surface area contributed by atoms with Gasteiger partial charge in [0, 0.05) is 29.3 Å². The zero-order chi connectivity index (χ0) is 15.7. The van der Waals surface area contributed by atoms with E-state index < -0.39 is 0 Å². The van der Waals surface area contributed by atoms with Crippen LogP contribution in [-0.2, 0) is 6.61 Å². The number of ether oxygens (including phenoxy) is 1. The molecule has 0 fully saturated rings. The number of aromatic nitrogens is 1. The third kappa shape index (κ3) is 2.82. The second-order valence-corrected chi connectivity index (χ2v) is 5.56. The highest BCUT2D eigenvalue weighted by atomic mass is 19.1. The zero-order valence-electron chi connectivity index (χ0n) is 12.5. The maximum Gasteiger partial charge on any atom is 0.126 e. The van der Waals surface area contributed by atoms with E-state index in [1.165, 1.54) is 24.3 Å². The average molecular weight is 301 g/mol. The number of halogens is 2. The van der Waals surface area contributed by atoms with Gasteiger partial charge in [-0.1, -0.05) is 6.07 Å². The topological polar surface area (TPSA) is 14.2 Å². The Hall–Kier alpha value is -2.36. The first-order valence-electron chi connectivity index (χ1n) is 7.22. The van der Waals surface area contributed by atoms with Crippen LogP contribution < -0.4 is 4.74 Å². The van der Waals surface area contributed by atoms with Crippen LogP contribution in [0.15, 0.2) is 48.7 Å². The van der Waals surface area contributed by atoms with E-state index in [1.54, 1.807) is 18.2 Å². The summed E-state index contributed by atoms with van der Waals surface area (Å²) in [6.45, 7) is 4.40. The lowest BCUT2D eigenvalue weighted by Crippen LogP contribution is -1.99. The van der Waals surface area contributed by atoms with E-state index in [1.807, 2.05) is 24.6 Å². The first kappa shape index (κ1) is 14.6. The fourth-order valence-corrected chi connectivity index (χ4v) is 2.56. The molecule has 2 aromatic carbocycles. The summed E-state index contributed by atoms with van der Waals surface area (Å²) in [6, 6.07) is 11.0. The van der Waals surface area contributed by atoms with E-state index in [9.17, 15) is 8.78 Å². The van der Waals surface area contributed by atoms with Crippen LogP contribution in [0.25, 0.3) is 10.9 Å². The summed E-state index contributed by atoms with van der Waals surface area (Å²) in [5, 5.41) is 0.950. The van der Waals surface area contributed by atoms with Gasteiger partial charge in [0.05, 0.1) is 5.52 Å². The van der Waals surface area contributed by atoms with Crippen LogP contribution in [0.3, 0.4) is 0 Å². The number of benzene rings is 2. The van der Waals surface area contributed by atoms with Crippen LogP contribution in [0.4, 0.5) is 8.78 Å². The Labute approximate surface area is 127 Å². The molecule has 0 aliphatic carbocycles. The van der Waals surface area contributed by atoms with Crippen molar-refractivity contribution >= 4 is 10.9 Å². The molecule has 3 aromatic rings. The van der Waals surface area contributed by atoms with Gasteiger partial charge >= 0.3 is 0 Å². The highest BCUT2D eigenvalue weighted by molar-refractivity contribution is 5.84. The Bertz CT molecular complexity index is 808. The lowest BCUT2D eigenvalue weighted by Gasteiger charge is -2.08. The summed E-state index contributed by atoms with van der Waals surface area (Å²) >= 11 is 0. The van der Waals surface area contributed by atoms with Crippen molar-refractivity contribution in [3.63, 3.8) is 0 Å². The molecule has 114 valence electrons. The molecule has 1 heterocycles. The second-order valence-electron chi connectivity index (χ2n) is 5.56. The second kappa shape index (κ2) is 5.79. The molecule has 0 aliphatic heterocycles. The summed E-state index contributed by atoms with van der Waals surface area (Å²) in [6.07, 6.45) is 1.97. The van der Waals surface area contributed by atoms with E-state index in [0.29, 0.717) is 12.4 Å². The monoisotopic (exact) mass is 301 g/mol. The minimum atomic E-state index is -0.329. The van der Waals surface area contributed by atoms with Gasteiger partial charge in [0.1, 0.15) is 24.0 Å². The highest BCUT2D eigenvalue weighted by Crippen LogP contribution is 2.26. The summed E-state index contributed by atoms with van der Waals surface area (Å²) in [7, 11) is 0. The fraction of sp³-hybridized carbons (Fsp3) is 0.222. The molecule has 0 unspecified atom stereocenters. The Morgan fingerprint density at radius 3 is 2.55 bits per heavy atom. The number of hydrogen-bond donors (Lipinski definition) is 0. The van der Waals surface area contributed by atoms with Crippen LogP contribution in [0.2, 0.25) is 0 Å². The van der Waals surface area contributed by atoms with Crippen molar-refractivity contribution < 1.29 is 13.5 Å². The largest absolute Gasteiger partial charge is 0.489 e. The van der Waals surface area contributed by atoms with Gasteiger partial charge in [-0.3, -0.25) is 0 Å². The lowest BCUT2D eigenvalue weighted by atomic mass is 10.2. The third-order valence-electron chi connectivity index (χ3n) is 3.63. The normalized spacial score (nSPS) is 11.3. The minimum Gasteiger partial charge on any atom is -0.489 e. The number of hydrogen-bond acceptors (Lipinski definition) is 1. The molecule has 0 atom stereocenters. The molecule has 2 nitrogen and oxygen atoms in total. The predicted octanol–water partition coefficient (Wildman–Crippen LogP) is 5.08. The standard InChI is InChI=1S/C18H17F2NO/c1-12(2)21-10-13(17-7-6-15(20)9-18(17)21)11-22-16-5-3-4-14(19)8-16/h3-10,12H,11H2,1-2H3. The Kier molecular flexibility index (Phi) is 3.84. The van der Waals surface area contributed by atoms with E-state index >= 15 is 0 Å². The third-order valence-corrected chi connectivity index (χ3v) is 3.63. The van der Waals surface area contributed by atoms with E-state index in [2.05, 4.69) is 0 Å². The molecule has 3 rings (SSSR count). The predicted molar refractivity (Wildman–Crippen MR) is 83.0 cm³/mol. The van der Waals surface area contributed by atoms with E-state index in [0.717, 1.165) is 16.5 Å². The summed E-state index contributed by atoms with van der Waals surface area (Å²) in [5.41, 5.74) is 1.79. The lowest BCUT2D eigenvalue weighted by molar-refractivity contribution is 0.305. The fourth-order valence-electron chi connectivity index (χ4n) is 2.56. The molecular formula is C18H17F2NO. The van der Waals surface area contributed by atoms with Crippen molar-refractivity contribution in [2.75, 3.05) is 0 Å². The van der Waals surface area contributed by atoms with Crippen LogP contribution in [0.5, 0.6) is 5.75 Å². The molecular weight excluding hydrogens is 284 g/mol. The van der Waals surface area contributed by atoms with Gasteiger partial charge in [-0.25, -0.2) is 8.78 Å². The number of nitrogens with zero attached hydrogens (tertiary/aromatic N) is 1. The molecule has 1 aromatic heterocycles. The Morgan fingerprint density at radius 1 is 1.05 bits per heavy atom. The van der Waals surface area contributed by atoms with Crippen molar-refractivity contribution in [3.05, 3.63) is 65.9 Å². The molecule has 0 spiro atoms. The Morgan fingerprint density at radius 2 is 1.82 bits per heavy atom. The van der Waals surface area contributed by atoms with Gasteiger partial charge in [-0.2, -0.15) is 0 Å². The van der Waals surface area contributed by atoms with E-state index in [4.69, 9.17) is 4.74 Å². The molecule has 0 saturated carbocycles. The van der Waals surface area contributed by atoms with Gasteiger partial charge < -0.3 is 9.30 Å². The minimum absolute atomic E-state index is 0.215. The van der Waals surface area contributed by atoms with Gasteiger partial charge in [-0.05, 0) is 44.2 Å². The first-order chi connectivity index (χ1) is 10.5. The molecule has 0 aliphatic rings. The zero-order valence-corrected chi connectivity index (χ0v) is 12.5. The summed E-state index contributed by atoms with van der Waals surface area (Å²) in [5.74, 6) is -0.109. The SMILES string of the molecule is CC(C)n1cc(COc2cccc(F)c2)c2ccc(F)cc21. The average Bonchev–Trinajstić information content (AvgIpc) is 2.83. The van der Waals surface area contributed by atoms with Gasteiger partial charge in [0.2, 0.25) is 0 Å². The van der Waals surface area contributed by atoms with Crippen molar-refractivity contribution in [2.45, 2.75) is 26.5 Å². The number of fused-ring (bicyclic) bond motifs is 1. The molecule has 0 radical (unpaired) electrons. The molecule has 0 N–H and O–H groups in total. The van der Waals surface area contributed by atoms with Crippen molar-refractivity contribution in [1.82, 2.24) is 4.57 Å². The quantitative estimate of drug-likeness (QED) is 0.655. The molecule has 0 bridgehead atoms. The van der Waals surface area contributed by atoms with Crippen LogP contribution in [-0.4, -0.2) is 4.57 Å². The molecule has 0 amide bonds. The highest BCUT2D eigenvalue weighted by Gasteiger charge is 2.12. The van der Waals surface area contributed by atoms with Crippen LogP contribution in [0.1, 0.15) is 25.5 Å². The Balaban J connectivity index is 1.93. The van der Waals surface area contributed by atoms with Gasteiger partial charge in [0.15, 0.2) is 0 Å². The maximum absolute atomic E-state index is 13.5. The summed E-state index contributed by atoms with van der Waals surface area (Å²) in [4.78, 5) is 0. The smallest absolute Gasteiger partial charge is 0.126 e. The molecule has 0 saturated heterocycles. The van der Waals surface area contributed by atoms with Crippen LogP contribution in [0, 0.1) is 11.6 Å². The first-order valence-corrected chi connectivity index (χ1v) is 7.22. The van der Waals surface area contributed by atoms with Crippen molar-refractivity contribution in [1.29, 1.82) is 0 Å². The van der Waals surface area contributed by atoms with Gasteiger partial charge in [0.25, 0.3) is 0 Å².